The maximum atomic E-state index is 5.55. The first-order valence-corrected chi connectivity index (χ1v) is 5.51. The second-order valence-corrected chi connectivity index (χ2v) is 3.58. The van der Waals surface area contributed by atoms with Crippen LogP contribution in [0.1, 0.15) is 11.5 Å². The molecular formula is C11H10BrNO. The summed E-state index contributed by atoms with van der Waals surface area (Å²) in [5.41, 5.74) is 1.98. The fourth-order valence-corrected chi connectivity index (χ4v) is 1.78. The standard InChI is InChI=1S/C11H10BrNO/c1-8-10(7-12)13-11(14-8)9-5-3-2-4-6-9/h2-6H,7H2,1H3. The van der Waals surface area contributed by atoms with Crippen molar-refractivity contribution in [2.45, 2.75) is 12.3 Å². The summed E-state index contributed by atoms with van der Waals surface area (Å²) in [6.07, 6.45) is 0. The normalized spacial score (nSPS) is 10.4. The first kappa shape index (κ1) is 9.46. The third-order valence-corrected chi connectivity index (χ3v) is 2.57. The lowest BCUT2D eigenvalue weighted by atomic mass is 10.2. The zero-order valence-corrected chi connectivity index (χ0v) is 9.41. The molecule has 1 heterocycles. The van der Waals surface area contributed by atoms with Gasteiger partial charge in [-0.15, -0.1) is 0 Å². The number of alkyl halides is 1. The van der Waals surface area contributed by atoms with E-state index in [1.54, 1.807) is 0 Å². The van der Waals surface area contributed by atoms with Crippen LogP contribution >= 0.6 is 15.9 Å². The number of hydrogen-bond donors (Lipinski definition) is 0. The summed E-state index contributed by atoms with van der Waals surface area (Å²) in [6, 6.07) is 9.91. The van der Waals surface area contributed by atoms with E-state index in [1.807, 2.05) is 37.3 Å². The Morgan fingerprint density at radius 2 is 2.00 bits per heavy atom. The molecule has 0 aliphatic rings. The second kappa shape index (κ2) is 3.96. The molecule has 1 aromatic heterocycles. The lowest BCUT2D eigenvalue weighted by Crippen LogP contribution is -1.80. The molecule has 72 valence electrons. The third kappa shape index (κ3) is 1.73. The number of aromatic nitrogens is 1. The van der Waals surface area contributed by atoms with Crippen LogP contribution in [-0.4, -0.2) is 4.98 Å². The maximum Gasteiger partial charge on any atom is 0.226 e. The number of nitrogens with zero attached hydrogens (tertiary/aromatic N) is 1. The summed E-state index contributed by atoms with van der Waals surface area (Å²) >= 11 is 3.37. The summed E-state index contributed by atoms with van der Waals surface area (Å²) in [5.74, 6) is 1.57. The fraction of sp³-hybridized carbons (Fsp3) is 0.182. The highest BCUT2D eigenvalue weighted by Crippen LogP contribution is 2.22. The molecule has 0 spiro atoms. The zero-order valence-electron chi connectivity index (χ0n) is 7.83. The van der Waals surface area contributed by atoms with Crippen molar-refractivity contribution in [2.75, 3.05) is 0 Å². The van der Waals surface area contributed by atoms with E-state index in [9.17, 15) is 0 Å². The highest BCUT2D eigenvalue weighted by Gasteiger charge is 2.09. The molecule has 0 unspecified atom stereocenters. The minimum atomic E-state index is 0.692. The molecule has 0 atom stereocenters. The van der Waals surface area contributed by atoms with Crippen LogP contribution in [0.5, 0.6) is 0 Å². The minimum absolute atomic E-state index is 0.692. The molecule has 0 aliphatic carbocycles. The number of oxazole rings is 1. The van der Waals surface area contributed by atoms with Gasteiger partial charge in [-0.25, -0.2) is 4.98 Å². The van der Waals surface area contributed by atoms with Crippen LogP contribution in [0.15, 0.2) is 34.7 Å². The number of aryl methyl sites for hydroxylation is 1. The van der Waals surface area contributed by atoms with Crippen molar-refractivity contribution in [3.05, 3.63) is 41.8 Å². The van der Waals surface area contributed by atoms with Crippen molar-refractivity contribution < 1.29 is 4.42 Å². The molecular weight excluding hydrogens is 242 g/mol. The Kier molecular flexibility index (Phi) is 2.68. The molecule has 0 saturated heterocycles. The van der Waals surface area contributed by atoms with Gasteiger partial charge in [0.2, 0.25) is 5.89 Å². The van der Waals surface area contributed by atoms with Gasteiger partial charge in [-0.05, 0) is 19.1 Å². The Labute approximate surface area is 91.1 Å². The molecule has 1 aromatic carbocycles. The lowest BCUT2D eigenvalue weighted by molar-refractivity contribution is 0.540. The molecule has 2 nitrogen and oxygen atoms in total. The average molecular weight is 252 g/mol. The summed E-state index contributed by atoms with van der Waals surface area (Å²) in [6.45, 7) is 1.93. The maximum absolute atomic E-state index is 5.55. The molecule has 3 heteroatoms. The van der Waals surface area contributed by atoms with Gasteiger partial charge in [0, 0.05) is 10.9 Å². The predicted octanol–water partition coefficient (Wildman–Crippen LogP) is 3.54. The van der Waals surface area contributed by atoms with Crippen LogP contribution in [-0.2, 0) is 5.33 Å². The van der Waals surface area contributed by atoms with Crippen LogP contribution < -0.4 is 0 Å². The summed E-state index contributed by atoms with van der Waals surface area (Å²) < 4.78 is 5.55. The molecule has 2 rings (SSSR count). The monoisotopic (exact) mass is 251 g/mol. The number of benzene rings is 1. The van der Waals surface area contributed by atoms with Gasteiger partial charge in [-0.3, -0.25) is 0 Å². The van der Waals surface area contributed by atoms with Crippen molar-refractivity contribution >= 4 is 15.9 Å². The highest BCUT2D eigenvalue weighted by atomic mass is 79.9. The van der Waals surface area contributed by atoms with Gasteiger partial charge in [0.1, 0.15) is 5.76 Å². The van der Waals surface area contributed by atoms with Gasteiger partial charge in [-0.1, -0.05) is 34.1 Å². The van der Waals surface area contributed by atoms with Crippen molar-refractivity contribution in [1.82, 2.24) is 4.98 Å². The van der Waals surface area contributed by atoms with Crippen LogP contribution in [0.2, 0.25) is 0 Å². The van der Waals surface area contributed by atoms with E-state index >= 15 is 0 Å². The Morgan fingerprint density at radius 1 is 1.29 bits per heavy atom. The number of hydrogen-bond acceptors (Lipinski definition) is 2. The predicted molar refractivity (Wildman–Crippen MR) is 59.3 cm³/mol. The fourth-order valence-electron chi connectivity index (χ4n) is 1.26. The summed E-state index contributed by atoms with van der Waals surface area (Å²) in [4.78, 5) is 4.38. The molecule has 0 saturated carbocycles. The molecule has 0 radical (unpaired) electrons. The van der Waals surface area contributed by atoms with Gasteiger partial charge in [0.05, 0.1) is 5.69 Å². The van der Waals surface area contributed by atoms with Crippen molar-refractivity contribution in [1.29, 1.82) is 0 Å². The van der Waals surface area contributed by atoms with Gasteiger partial charge < -0.3 is 4.42 Å². The largest absolute Gasteiger partial charge is 0.441 e. The van der Waals surface area contributed by atoms with E-state index in [-0.39, 0.29) is 0 Å². The quantitative estimate of drug-likeness (QED) is 0.764. The van der Waals surface area contributed by atoms with Crippen molar-refractivity contribution in [2.24, 2.45) is 0 Å². The second-order valence-electron chi connectivity index (χ2n) is 3.02. The SMILES string of the molecule is Cc1oc(-c2ccccc2)nc1CBr. The Hall–Kier alpha value is -1.09. The lowest BCUT2D eigenvalue weighted by Gasteiger charge is -1.91. The topological polar surface area (TPSA) is 26.0 Å². The molecule has 0 N–H and O–H groups in total. The van der Waals surface area contributed by atoms with E-state index in [4.69, 9.17) is 4.42 Å². The molecule has 0 aliphatic heterocycles. The molecule has 0 fully saturated rings. The summed E-state index contributed by atoms with van der Waals surface area (Å²) in [5, 5.41) is 0.731. The number of rotatable bonds is 2. The zero-order chi connectivity index (χ0) is 9.97. The smallest absolute Gasteiger partial charge is 0.226 e. The van der Waals surface area contributed by atoms with E-state index in [1.165, 1.54) is 0 Å². The molecule has 0 amide bonds. The third-order valence-electron chi connectivity index (χ3n) is 2.04. The van der Waals surface area contributed by atoms with Gasteiger partial charge in [0.25, 0.3) is 0 Å². The van der Waals surface area contributed by atoms with E-state index in [2.05, 4.69) is 20.9 Å². The minimum Gasteiger partial charge on any atom is -0.441 e. The van der Waals surface area contributed by atoms with E-state index in [0.717, 1.165) is 22.3 Å². The van der Waals surface area contributed by atoms with Crippen LogP contribution in [0.4, 0.5) is 0 Å². The Morgan fingerprint density at radius 3 is 2.57 bits per heavy atom. The van der Waals surface area contributed by atoms with Crippen LogP contribution in [0.25, 0.3) is 11.5 Å². The Balaban J connectivity index is 2.43. The average Bonchev–Trinajstić information content (AvgIpc) is 2.61. The highest BCUT2D eigenvalue weighted by molar-refractivity contribution is 9.08. The van der Waals surface area contributed by atoms with Crippen LogP contribution in [0.3, 0.4) is 0 Å². The molecule has 0 bridgehead atoms. The molecule has 14 heavy (non-hydrogen) atoms. The molecule has 2 aromatic rings. The van der Waals surface area contributed by atoms with Gasteiger partial charge in [0.15, 0.2) is 0 Å². The van der Waals surface area contributed by atoms with Crippen molar-refractivity contribution in [3.8, 4) is 11.5 Å². The van der Waals surface area contributed by atoms with Gasteiger partial charge >= 0.3 is 0 Å². The number of halogens is 1. The van der Waals surface area contributed by atoms with Gasteiger partial charge in [-0.2, -0.15) is 0 Å². The first-order chi connectivity index (χ1) is 6.81. The van der Waals surface area contributed by atoms with Crippen LogP contribution in [0, 0.1) is 6.92 Å². The van der Waals surface area contributed by atoms with E-state index in [0.29, 0.717) is 5.89 Å². The Bertz CT molecular complexity index is 422. The van der Waals surface area contributed by atoms with Crippen molar-refractivity contribution in [3.63, 3.8) is 0 Å². The van der Waals surface area contributed by atoms with E-state index < -0.39 is 0 Å². The summed E-state index contributed by atoms with van der Waals surface area (Å²) in [7, 11) is 0. The first-order valence-electron chi connectivity index (χ1n) is 4.39.